The molecule has 1 aliphatic heterocycles. The second-order valence-electron chi connectivity index (χ2n) is 6.77. The molecule has 0 saturated heterocycles. The number of benzene rings is 2. The summed E-state index contributed by atoms with van der Waals surface area (Å²) >= 11 is 0. The molecule has 0 radical (unpaired) electrons. The third-order valence-corrected chi connectivity index (χ3v) is 5.63. The second kappa shape index (κ2) is 7.71. The van der Waals surface area contributed by atoms with E-state index in [9.17, 15) is 13.2 Å². The van der Waals surface area contributed by atoms with Crippen LogP contribution < -0.4 is 15.2 Å². The maximum Gasteiger partial charge on any atom is 0.257 e. The number of rotatable bonds is 7. The first kappa shape index (κ1) is 20.0. The molecule has 2 N–H and O–H groups in total. The van der Waals surface area contributed by atoms with Crippen molar-refractivity contribution in [1.82, 2.24) is 4.90 Å². The van der Waals surface area contributed by atoms with Crippen LogP contribution in [0, 0.1) is 0 Å². The van der Waals surface area contributed by atoms with E-state index < -0.39 is 15.9 Å². The van der Waals surface area contributed by atoms with E-state index in [-0.39, 0.29) is 11.7 Å². The summed E-state index contributed by atoms with van der Waals surface area (Å²) in [5.74, 6) is 0.578. The molecule has 0 fully saturated rings. The Morgan fingerprint density at radius 3 is 2.57 bits per heavy atom. The highest BCUT2D eigenvalue weighted by atomic mass is 32.2. The van der Waals surface area contributed by atoms with Gasteiger partial charge in [0.15, 0.2) is 11.5 Å². The minimum Gasteiger partial charge on any atom is -0.493 e. The highest BCUT2D eigenvalue weighted by Gasteiger charge is 2.36. The highest BCUT2D eigenvalue weighted by molar-refractivity contribution is 7.90. The zero-order valence-corrected chi connectivity index (χ0v) is 17.0. The molecule has 0 unspecified atom stereocenters. The lowest BCUT2D eigenvalue weighted by atomic mass is 10.1. The van der Waals surface area contributed by atoms with Crippen LogP contribution in [0.4, 0.5) is 5.69 Å². The molecule has 2 aromatic carbocycles. The fourth-order valence-electron chi connectivity index (χ4n) is 3.49. The molecule has 1 aliphatic rings. The topological polar surface area (TPSA) is 98.9 Å². The Kier molecular flexibility index (Phi) is 5.51. The van der Waals surface area contributed by atoms with Crippen molar-refractivity contribution in [3.8, 4) is 11.5 Å². The number of nitrogens with zero attached hydrogens (tertiary/aromatic N) is 1. The zero-order chi connectivity index (χ0) is 20.5. The van der Waals surface area contributed by atoms with Crippen LogP contribution in [0.3, 0.4) is 0 Å². The van der Waals surface area contributed by atoms with Crippen LogP contribution in [0.1, 0.15) is 34.5 Å². The Hall–Kier alpha value is -2.74. The van der Waals surface area contributed by atoms with Crippen LogP contribution in [0.5, 0.6) is 11.5 Å². The maximum absolute atomic E-state index is 13.0. The van der Waals surface area contributed by atoms with E-state index in [0.29, 0.717) is 41.5 Å². The van der Waals surface area contributed by atoms with E-state index in [2.05, 4.69) is 0 Å². The fraction of sp³-hybridized carbons (Fsp3) is 0.350. The summed E-state index contributed by atoms with van der Waals surface area (Å²) in [4.78, 5) is 14.6. The molecule has 0 spiro atoms. The third kappa shape index (κ3) is 3.91. The van der Waals surface area contributed by atoms with Gasteiger partial charge in [-0.25, -0.2) is 8.42 Å². The van der Waals surface area contributed by atoms with E-state index in [1.54, 1.807) is 35.2 Å². The molecule has 1 heterocycles. The van der Waals surface area contributed by atoms with Gasteiger partial charge in [0, 0.05) is 18.5 Å². The van der Waals surface area contributed by atoms with Crippen LogP contribution in [-0.2, 0) is 16.4 Å². The molecular weight excluding hydrogens is 382 g/mol. The summed E-state index contributed by atoms with van der Waals surface area (Å²) in [6.07, 6.45) is 1.16. The molecule has 0 bridgehead atoms. The third-order valence-electron chi connectivity index (χ3n) is 4.71. The van der Waals surface area contributed by atoms with Crippen LogP contribution in [0.25, 0.3) is 0 Å². The smallest absolute Gasteiger partial charge is 0.257 e. The highest BCUT2D eigenvalue weighted by Crippen LogP contribution is 2.37. The predicted octanol–water partition coefficient (Wildman–Crippen LogP) is 2.42. The number of sulfone groups is 1. The Bertz CT molecular complexity index is 1000. The minimum absolute atomic E-state index is 0.204. The zero-order valence-electron chi connectivity index (χ0n) is 16.1. The molecule has 0 aromatic heterocycles. The Morgan fingerprint density at radius 1 is 1.21 bits per heavy atom. The largest absolute Gasteiger partial charge is 0.493 e. The second-order valence-corrected chi connectivity index (χ2v) is 8.95. The summed E-state index contributed by atoms with van der Waals surface area (Å²) < 4.78 is 35.2. The average Bonchev–Trinajstić information content (AvgIpc) is 2.97. The Balaban J connectivity index is 2.05. The number of hydrogen-bond acceptors (Lipinski definition) is 6. The number of ether oxygens (including phenoxy) is 2. The normalized spacial score (nSPS) is 14.7. The summed E-state index contributed by atoms with van der Waals surface area (Å²) in [5, 5.41) is 0. The van der Waals surface area contributed by atoms with Gasteiger partial charge in [-0.1, -0.05) is 18.2 Å². The number of hydrogen-bond donors (Lipinski definition) is 1. The summed E-state index contributed by atoms with van der Waals surface area (Å²) in [5.41, 5.74) is 8.29. The summed E-state index contributed by atoms with van der Waals surface area (Å²) in [6.45, 7) is 2.58. The van der Waals surface area contributed by atoms with Crippen LogP contribution in [0.15, 0.2) is 36.4 Å². The van der Waals surface area contributed by atoms with Crippen molar-refractivity contribution in [1.29, 1.82) is 0 Å². The van der Waals surface area contributed by atoms with Gasteiger partial charge in [-0.05, 0) is 36.2 Å². The van der Waals surface area contributed by atoms with Gasteiger partial charge >= 0.3 is 0 Å². The fourth-order valence-corrected chi connectivity index (χ4v) is 4.43. The van der Waals surface area contributed by atoms with E-state index >= 15 is 0 Å². The van der Waals surface area contributed by atoms with Crippen LogP contribution in [0.2, 0.25) is 0 Å². The summed E-state index contributed by atoms with van der Waals surface area (Å²) in [7, 11) is -1.83. The molecular formula is C20H24N2O5S. The molecule has 3 rings (SSSR count). The Labute approximate surface area is 165 Å². The number of fused-ring (bicyclic) bond motifs is 1. The number of nitrogen functional groups attached to an aromatic ring is 1. The van der Waals surface area contributed by atoms with E-state index in [0.717, 1.165) is 11.8 Å². The van der Waals surface area contributed by atoms with Crippen LogP contribution in [-0.4, -0.2) is 45.0 Å². The van der Waals surface area contributed by atoms with Gasteiger partial charge in [0.25, 0.3) is 5.91 Å². The Morgan fingerprint density at radius 2 is 1.96 bits per heavy atom. The first-order valence-corrected chi connectivity index (χ1v) is 11.0. The van der Waals surface area contributed by atoms with Gasteiger partial charge in [-0.2, -0.15) is 0 Å². The number of anilines is 1. The lowest BCUT2D eigenvalue weighted by Gasteiger charge is -2.28. The molecule has 2 aromatic rings. The van der Waals surface area contributed by atoms with E-state index in [1.807, 2.05) is 13.0 Å². The first-order chi connectivity index (χ1) is 13.2. The molecule has 1 atom stereocenters. The lowest BCUT2D eigenvalue weighted by molar-refractivity contribution is 0.0719. The summed E-state index contributed by atoms with van der Waals surface area (Å²) in [6, 6.07) is 9.84. The number of carbonyl (C=O) groups is 1. The van der Waals surface area contributed by atoms with Crippen molar-refractivity contribution < 1.29 is 22.7 Å². The monoisotopic (exact) mass is 406 g/mol. The standard InChI is InChI=1S/C20H24N2O5S/c1-4-27-18-10-13(8-9-17(18)26-2)16(12-28(3,24)25)22-11-14-6-5-7-15(21)19(14)20(22)23/h5-10,16H,4,11-12,21H2,1-3H3/t16-/m1/s1/i3+1,12+1. The van der Waals surface area contributed by atoms with Crippen molar-refractivity contribution in [2.24, 2.45) is 0 Å². The minimum atomic E-state index is -3.37. The van der Waals surface area contributed by atoms with Crippen molar-refractivity contribution >= 4 is 21.4 Å². The predicted molar refractivity (Wildman–Crippen MR) is 107 cm³/mol. The first-order valence-electron chi connectivity index (χ1n) is 8.92. The van der Waals surface area contributed by atoms with Gasteiger partial charge < -0.3 is 20.1 Å². The SMILES string of the molecule is CCOc1cc([C@@H]([13CH2]S([13CH3])(=O)=O)N2Cc3cccc(N)c3C2=O)ccc1OC. The molecule has 0 saturated carbocycles. The number of nitrogens with two attached hydrogens (primary N) is 1. The van der Waals surface area contributed by atoms with Crippen molar-refractivity contribution in [3.63, 3.8) is 0 Å². The van der Waals surface area contributed by atoms with E-state index in [1.165, 1.54) is 7.11 Å². The van der Waals surface area contributed by atoms with E-state index in [4.69, 9.17) is 15.2 Å². The average molecular weight is 406 g/mol. The van der Waals surface area contributed by atoms with Crippen molar-refractivity contribution in [2.75, 3.05) is 31.5 Å². The van der Waals surface area contributed by atoms with Crippen molar-refractivity contribution in [3.05, 3.63) is 53.1 Å². The van der Waals surface area contributed by atoms with Crippen molar-refractivity contribution in [2.45, 2.75) is 19.5 Å². The van der Waals surface area contributed by atoms with Gasteiger partial charge in [-0.15, -0.1) is 0 Å². The maximum atomic E-state index is 13.0. The lowest BCUT2D eigenvalue weighted by Crippen LogP contribution is -2.33. The molecule has 150 valence electrons. The quantitative estimate of drug-likeness (QED) is 0.560. The van der Waals surface area contributed by atoms with Gasteiger partial charge in [0.2, 0.25) is 0 Å². The van der Waals surface area contributed by atoms with Crippen LogP contribution >= 0.6 is 0 Å². The molecule has 7 nitrogen and oxygen atoms in total. The molecule has 8 heteroatoms. The number of methoxy groups -OCH3 is 1. The van der Waals surface area contributed by atoms with Gasteiger partial charge in [0.1, 0.15) is 9.84 Å². The van der Waals surface area contributed by atoms with Gasteiger partial charge in [0.05, 0.1) is 31.1 Å². The van der Waals surface area contributed by atoms with Gasteiger partial charge in [-0.3, -0.25) is 4.79 Å². The number of amides is 1. The molecule has 1 amide bonds. The molecule has 0 aliphatic carbocycles. The molecule has 28 heavy (non-hydrogen) atoms. The number of carbonyl (C=O) groups excluding carboxylic acids is 1.